The van der Waals surface area contributed by atoms with E-state index in [-0.39, 0.29) is 10.4 Å². The van der Waals surface area contributed by atoms with Crippen LogP contribution in [0.4, 0.5) is 5.69 Å². The van der Waals surface area contributed by atoms with Gasteiger partial charge in [0.25, 0.3) is 11.1 Å². The number of amides is 1. The molecule has 1 aromatic rings. The van der Waals surface area contributed by atoms with Crippen LogP contribution in [0, 0.1) is 0 Å². The molecule has 0 bridgehead atoms. The number of carbonyl (C=O) groups is 2. The number of nitrogens with zero attached hydrogens (tertiary/aromatic N) is 1. The van der Waals surface area contributed by atoms with Crippen LogP contribution in [0.1, 0.15) is 10.5 Å². The van der Waals surface area contributed by atoms with Crippen LogP contribution in [-0.2, 0) is 11.8 Å². The van der Waals surface area contributed by atoms with Crippen LogP contribution in [0.3, 0.4) is 0 Å². The molecule has 0 saturated carbocycles. The molecule has 0 aliphatic rings. The van der Waals surface area contributed by atoms with Crippen molar-refractivity contribution in [1.29, 1.82) is 0 Å². The summed E-state index contributed by atoms with van der Waals surface area (Å²) in [6.45, 7) is 3.42. The molecule has 1 N–H and O–H groups in total. The summed E-state index contributed by atoms with van der Waals surface area (Å²) in [7, 11) is 1.66. The first kappa shape index (κ1) is 12.0. The van der Waals surface area contributed by atoms with Crippen molar-refractivity contribution < 1.29 is 9.59 Å². The maximum absolute atomic E-state index is 11.2. The van der Waals surface area contributed by atoms with Crippen LogP contribution in [0.25, 0.3) is 0 Å². The van der Waals surface area contributed by atoms with Crippen molar-refractivity contribution in [1.82, 2.24) is 4.57 Å². The highest BCUT2D eigenvalue weighted by atomic mass is 79.9. The van der Waals surface area contributed by atoms with E-state index in [2.05, 4.69) is 27.8 Å². The van der Waals surface area contributed by atoms with Crippen LogP contribution in [0.2, 0.25) is 0 Å². The fourth-order valence-electron chi connectivity index (χ4n) is 1.03. The third kappa shape index (κ3) is 2.94. The lowest BCUT2D eigenvalue weighted by molar-refractivity contribution is -0.112. The van der Waals surface area contributed by atoms with Crippen molar-refractivity contribution >= 4 is 44.4 Å². The van der Waals surface area contributed by atoms with E-state index >= 15 is 0 Å². The SMILES string of the molecule is C=C(Br)C(=O)Nc1cc(C(=O)Cl)n(C)c1. The van der Waals surface area contributed by atoms with Gasteiger partial charge in [-0.15, -0.1) is 0 Å². The van der Waals surface area contributed by atoms with Crippen LogP contribution < -0.4 is 5.32 Å². The van der Waals surface area contributed by atoms with Gasteiger partial charge in [0, 0.05) is 13.2 Å². The molecule has 0 atom stereocenters. The highest BCUT2D eigenvalue weighted by Crippen LogP contribution is 2.16. The van der Waals surface area contributed by atoms with Crippen LogP contribution in [0.15, 0.2) is 23.3 Å². The Labute approximate surface area is 100 Å². The second-order valence-corrected chi connectivity index (χ2v) is 4.16. The second kappa shape index (κ2) is 4.63. The number of hydrogen-bond donors (Lipinski definition) is 1. The number of aryl methyl sites for hydroxylation is 1. The molecular formula is C9H8BrClN2O2. The molecule has 1 rings (SSSR count). The van der Waals surface area contributed by atoms with Gasteiger partial charge in [-0.1, -0.05) is 6.58 Å². The Balaban J connectivity index is 2.89. The predicted molar refractivity (Wildman–Crippen MR) is 62.3 cm³/mol. The van der Waals surface area contributed by atoms with Crippen molar-refractivity contribution in [2.45, 2.75) is 0 Å². The van der Waals surface area contributed by atoms with E-state index in [9.17, 15) is 9.59 Å². The Morgan fingerprint density at radius 2 is 2.20 bits per heavy atom. The minimum absolute atomic E-state index is 0.213. The molecule has 0 aromatic carbocycles. The van der Waals surface area contributed by atoms with E-state index in [4.69, 9.17) is 11.6 Å². The molecule has 1 aromatic heterocycles. The van der Waals surface area contributed by atoms with E-state index in [0.29, 0.717) is 11.4 Å². The quantitative estimate of drug-likeness (QED) is 0.686. The standard InChI is InChI=1S/C9H8BrClN2O2/c1-5(10)9(15)12-6-3-7(8(11)14)13(2)4-6/h3-4H,1H2,2H3,(H,12,15). The first-order valence-electron chi connectivity index (χ1n) is 3.93. The molecule has 0 saturated heterocycles. The van der Waals surface area contributed by atoms with Gasteiger partial charge in [0.15, 0.2) is 0 Å². The van der Waals surface area contributed by atoms with Crippen molar-refractivity contribution in [3.63, 3.8) is 0 Å². The van der Waals surface area contributed by atoms with E-state index in [1.165, 1.54) is 10.6 Å². The number of nitrogens with one attached hydrogen (secondary N) is 1. The van der Waals surface area contributed by atoms with Gasteiger partial charge < -0.3 is 9.88 Å². The molecular weight excluding hydrogens is 283 g/mol. The summed E-state index contributed by atoms with van der Waals surface area (Å²) in [6.07, 6.45) is 1.59. The number of aromatic nitrogens is 1. The van der Waals surface area contributed by atoms with Gasteiger partial charge in [0.05, 0.1) is 10.2 Å². The summed E-state index contributed by atoms with van der Waals surface area (Å²) in [5.74, 6) is -0.367. The summed E-state index contributed by atoms with van der Waals surface area (Å²) in [6, 6.07) is 1.49. The van der Waals surface area contributed by atoms with E-state index in [1.54, 1.807) is 13.2 Å². The zero-order chi connectivity index (χ0) is 11.6. The van der Waals surface area contributed by atoms with Crippen molar-refractivity contribution in [3.8, 4) is 0 Å². The lowest BCUT2D eigenvalue weighted by Crippen LogP contribution is -2.09. The van der Waals surface area contributed by atoms with E-state index in [0.717, 1.165) is 0 Å². The predicted octanol–water partition coefficient (Wildman–Crippen LogP) is 2.25. The minimum Gasteiger partial charge on any atom is -0.345 e. The van der Waals surface area contributed by atoms with Crippen molar-refractivity contribution in [2.75, 3.05) is 5.32 Å². The first-order chi connectivity index (χ1) is 6.91. The molecule has 1 heterocycles. The number of rotatable bonds is 3. The normalized spacial score (nSPS) is 9.80. The number of hydrogen-bond acceptors (Lipinski definition) is 2. The molecule has 0 aliphatic carbocycles. The van der Waals surface area contributed by atoms with E-state index in [1.807, 2.05) is 0 Å². The number of halogens is 2. The average Bonchev–Trinajstić information content (AvgIpc) is 2.46. The Morgan fingerprint density at radius 3 is 2.60 bits per heavy atom. The smallest absolute Gasteiger partial charge is 0.268 e. The number of anilines is 1. The minimum atomic E-state index is -0.573. The highest BCUT2D eigenvalue weighted by Gasteiger charge is 2.11. The van der Waals surface area contributed by atoms with Crippen molar-refractivity contribution in [2.24, 2.45) is 7.05 Å². The zero-order valence-corrected chi connectivity index (χ0v) is 10.2. The summed E-state index contributed by atoms with van der Waals surface area (Å²) in [5.41, 5.74) is 0.805. The summed E-state index contributed by atoms with van der Waals surface area (Å²) in [4.78, 5) is 22.1. The molecule has 1 amide bonds. The summed E-state index contributed by atoms with van der Waals surface area (Å²) in [5, 5.41) is 1.97. The molecule has 4 nitrogen and oxygen atoms in total. The van der Waals surface area contributed by atoms with Crippen LogP contribution in [0.5, 0.6) is 0 Å². The Morgan fingerprint density at radius 1 is 1.60 bits per heavy atom. The third-order valence-corrected chi connectivity index (χ3v) is 2.26. The lowest BCUT2D eigenvalue weighted by atomic mass is 10.4. The number of carbonyl (C=O) groups excluding carboxylic acids is 2. The summed E-state index contributed by atoms with van der Waals surface area (Å²) < 4.78 is 1.74. The van der Waals surface area contributed by atoms with Crippen LogP contribution in [-0.4, -0.2) is 15.7 Å². The van der Waals surface area contributed by atoms with Gasteiger partial charge in [-0.05, 0) is 33.6 Å². The molecule has 0 fully saturated rings. The largest absolute Gasteiger partial charge is 0.345 e. The first-order valence-corrected chi connectivity index (χ1v) is 5.11. The molecule has 80 valence electrons. The van der Waals surface area contributed by atoms with Gasteiger partial charge >= 0.3 is 0 Å². The Kier molecular flexibility index (Phi) is 3.71. The summed E-state index contributed by atoms with van der Waals surface area (Å²) >= 11 is 8.27. The van der Waals surface area contributed by atoms with Gasteiger partial charge in [0.2, 0.25) is 0 Å². The molecule has 6 heteroatoms. The monoisotopic (exact) mass is 290 g/mol. The fraction of sp³-hybridized carbons (Fsp3) is 0.111. The topological polar surface area (TPSA) is 51.1 Å². The van der Waals surface area contributed by atoms with E-state index < -0.39 is 5.24 Å². The third-order valence-electron chi connectivity index (χ3n) is 1.71. The van der Waals surface area contributed by atoms with Gasteiger partial charge in [-0.2, -0.15) is 0 Å². The maximum Gasteiger partial charge on any atom is 0.268 e. The van der Waals surface area contributed by atoms with Gasteiger partial charge in [-0.25, -0.2) is 0 Å². The lowest BCUT2D eigenvalue weighted by Gasteiger charge is -1.98. The fourth-order valence-corrected chi connectivity index (χ4v) is 1.31. The maximum atomic E-state index is 11.2. The van der Waals surface area contributed by atoms with Gasteiger partial charge in [-0.3, -0.25) is 9.59 Å². The molecule has 0 aliphatic heterocycles. The molecule has 0 radical (unpaired) electrons. The zero-order valence-electron chi connectivity index (χ0n) is 7.88. The van der Waals surface area contributed by atoms with Gasteiger partial charge in [0.1, 0.15) is 5.69 Å². The second-order valence-electron chi connectivity index (χ2n) is 2.86. The highest BCUT2D eigenvalue weighted by molar-refractivity contribution is 9.12. The van der Waals surface area contributed by atoms with Crippen LogP contribution >= 0.6 is 27.5 Å². The Hall–Kier alpha value is -1.07. The average molecular weight is 292 g/mol. The molecule has 0 unspecified atom stereocenters. The molecule has 0 spiro atoms. The Bertz CT molecular complexity index is 439. The molecule has 15 heavy (non-hydrogen) atoms. The van der Waals surface area contributed by atoms with Crippen molar-refractivity contribution in [3.05, 3.63) is 29.0 Å².